The smallest absolute Gasteiger partial charge is 0.0725 e. The average molecular weight is 1130 g/mol. The summed E-state index contributed by atoms with van der Waals surface area (Å²) >= 11 is 3.69. The molecular formula is C81H62N2S2. The van der Waals surface area contributed by atoms with Gasteiger partial charge in [-0.25, -0.2) is 0 Å². The van der Waals surface area contributed by atoms with Gasteiger partial charge in [-0.1, -0.05) is 199 Å². The highest BCUT2D eigenvalue weighted by Crippen LogP contribution is 2.63. The first-order valence-corrected chi connectivity index (χ1v) is 31.3. The summed E-state index contributed by atoms with van der Waals surface area (Å²) in [6, 6.07) is 91.5. The van der Waals surface area contributed by atoms with Crippen molar-refractivity contribution in [1.29, 1.82) is 0 Å². The van der Waals surface area contributed by atoms with E-state index in [0.717, 1.165) is 0 Å². The first-order chi connectivity index (χ1) is 41.4. The summed E-state index contributed by atoms with van der Waals surface area (Å²) in [5.74, 6) is 0. The summed E-state index contributed by atoms with van der Waals surface area (Å²) in [5.41, 5.74) is 25.1. The van der Waals surface area contributed by atoms with Crippen LogP contribution in [-0.2, 0) is 16.2 Å². The normalized spacial score (nSPS) is 13.5. The van der Waals surface area contributed by atoms with Crippen molar-refractivity contribution in [3.63, 3.8) is 0 Å². The second-order valence-electron chi connectivity index (χ2n) is 25.3. The summed E-state index contributed by atoms with van der Waals surface area (Å²) in [6.45, 7) is 13.6. The molecule has 0 atom stereocenters. The van der Waals surface area contributed by atoms with Crippen LogP contribution in [0.15, 0.2) is 243 Å². The molecule has 0 saturated heterocycles. The minimum atomic E-state index is -0.465. The monoisotopic (exact) mass is 1130 g/mol. The predicted molar refractivity (Wildman–Crippen MR) is 366 cm³/mol. The van der Waals surface area contributed by atoms with Crippen LogP contribution >= 0.6 is 22.7 Å². The maximum Gasteiger partial charge on any atom is 0.0725 e. The van der Waals surface area contributed by atoms with Crippen LogP contribution < -0.4 is 0 Å². The van der Waals surface area contributed by atoms with Crippen molar-refractivity contribution in [3.05, 3.63) is 297 Å². The van der Waals surface area contributed by atoms with Crippen molar-refractivity contribution in [2.75, 3.05) is 0 Å². The van der Waals surface area contributed by atoms with Gasteiger partial charge in [-0.15, -0.1) is 22.7 Å². The topological polar surface area (TPSA) is 9.86 Å². The Bertz CT molecular complexity index is 4750. The fourth-order valence-corrected chi connectivity index (χ4v) is 15.8. The van der Waals surface area contributed by atoms with Crippen molar-refractivity contribution in [3.8, 4) is 54.5 Å². The Morgan fingerprint density at radius 3 is 1.14 bits per heavy atom. The summed E-state index contributed by atoms with van der Waals surface area (Å²) in [4.78, 5) is 4.97. The summed E-state index contributed by atoms with van der Waals surface area (Å²) in [5, 5.41) is 5.08. The fourth-order valence-electron chi connectivity index (χ4n) is 14.0. The van der Waals surface area contributed by atoms with E-state index < -0.39 is 5.41 Å². The van der Waals surface area contributed by atoms with E-state index in [0.29, 0.717) is 0 Å². The molecule has 4 aromatic heterocycles. The van der Waals surface area contributed by atoms with Gasteiger partial charge in [-0.05, 0) is 198 Å². The third kappa shape index (κ3) is 8.25. The number of benzene rings is 10. The standard InChI is InChI=1S/C81H62N2S2/c1-79(2,3)55-29-33-57(34-30-55)82-73-21-13-9-17-65(73)67-49-53(27-43-75(67)82)77-45-39-59(84-77)37-23-51-25-41-63-64-42-26-52(48-72(64)81(71(63)47-51)69-19-11-7-15-61(69)62-16-8-12-20-70(62)81)24-38-60-40-46-78(85-60)54-28-44-76-68(50-54)66-18-10-14-22-74(66)83(76)58-35-31-56(32-36-58)80(4,5)6/h7-50H,1-6H3/b37-23+,38-24+. The zero-order valence-corrected chi connectivity index (χ0v) is 50.2. The molecule has 0 N–H and O–H groups in total. The van der Waals surface area contributed by atoms with Gasteiger partial charge in [0.15, 0.2) is 0 Å². The zero-order valence-electron chi connectivity index (χ0n) is 48.6. The molecule has 0 bridgehead atoms. The Labute approximate surface area is 505 Å². The van der Waals surface area contributed by atoms with Crippen LogP contribution in [0.5, 0.6) is 0 Å². The lowest BCUT2D eigenvalue weighted by molar-refractivity contribution is 0.590. The molecule has 0 aliphatic heterocycles. The summed E-state index contributed by atoms with van der Waals surface area (Å²) < 4.78 is 4.83. The minimum Gasteiger partial charge on any atom is -0.309 e. The van der Waals surface area contributed by atoms with Gasteiger partial charge in [0.25, 0.3) is 0 Å². The molecule has 0 unspecified atom stereocenters. The fraction of sp³-hybridized carbons (Fsp3) is 0.111. The Balaban J connectivity index is 0.711. The van der Waals surface area contributed by atoms with E-state index in [1.807, 2.05) is 22.7 Å². The molecule has 14 aromatic rings. The van der Waals surface area contributed by atoms with Crippen molar-refractivity contribution >= 4 is 90.6 Å². The van der Waals surface area contributed by atoms with E-state index >= 15 is 0 Å². The lowest BCUT2D eigenvalue weighted by Crippen LogP contribution is -2.26. The van der Waals surface area contributed by atoms with E-state index in [2.05, 4.69) is 318 Å². The molecule has 85 heavy (non-hydrogen) atoms. The highest BCUT2D eigenvalue weighted by Gasteiger charge is 2.51. The van der Waals surface area contributed by atoms with E-state index in [9.17, 15) is 0 Å². The van der Waals surface area contributed by atoms with E-state index in [4.69, 9.17) is 0 Å². The van der Waals surface area contributed by atoms with Gasteiger partial charge in [0.2, 0.25) is 0 Å². The highest BCUT2D eigenvalue weighted by atomic mass is 32.1. The number of hydrogen-bond donors (Lipinski definition) is 0. The van der Waals surface area contributed by atoms with Crippen LogP contribution in [0.2, 0.25) is 0 Å². The first-order valence-electron chi connectivity index (χ1n) is 29.7. The molecule has 0 saturated carbocycles. The maximum atomic E-state index is 2.47. The molecule has 408 valence electrons. The van der Waals surface area contributed by atoms with Gasteiger partial charge < -0.3 is 9.13 Å². The van der Waals surface area contributed by atoms with Crippen LogP contribution in [0.25, 0.3) is 122 Å². The van der Waals surface area contributed by atoms with Gasteiger partial charge >= 0.3 is 0 Å². The van der Waals surface area contributed by atoms with Crippen LogP contribution in [0.3, 0.4) is 0 Å². The molecule has 16 rings (SSSR count). The second kappa shape index (κ2) is 19.4. The van der Waals surface area contributed by atoms with Crippen LogP contribution in [0.4, 0.5) is 0 Å². The molecule has 2 aliphatic carbocycles. The molecule has 0 radical (unpaired) electrons. The molecule has 10 aromatic carbocycles. The minimum absolute atomic E-state index is 0.100. The van der Waals surface area contributed by atoms with Crippen molar-refractivity contribution < 1.29 is 0 Å². The number of aromatic nitrogens is 2. The molecular weight excluding hydrogens is 1070 g/mol. The van der Waals surface area contributed by atoms with Crippen molar-refractivity contribution in [2.45, 2.75) is 57.8 Å². The quantitative estimate of drug-likeness (QED) is 0.144. The Kier molecular flexibility index (Phi) is 11.7. The Morgan fingerprint density at radius 2 is 0.706 bits per heavy atom. The molecule has 4 heterocycles. The third-order valence-corrected chi connectivity index (χ3v) is 20.4. The number of rotatable bonds is 8. The molecule has 2 aliphatic rings. The van der Waals surface area contributed by atoms with E-state index in [1.165, 1.54) is 152 Å². The number of para-hydroxylation sites is 2. The van der Waals surface area contributed by atoms with Gasteiger partial charge in [0.1, 0.15) is 0 Å². The lowest BCUT2D eigenvalue weighted by atomic mass is 9.70. The number of hydrogen-bond acceptors (Lipinski definition) is 2. The third-order valence-electron chi connectivity index (χ3n) is 18.2. The SMILES string of the molecule is CC(C)(C)c1ccc(-n2c3ccccc3c3cc(-c4ccc(/C=C/c5ccc6c(c5)C5(c7ccccc7-c7ccccc75)c5cc(/C=C/c7ccc(-c8ccc9c(c8)c8ccccc8n9-c8ccc(C(C)(C)C)cc8)s7)ccc5-6)s4)ccc32)cc1. The van der Waals surface area contributed by atoms with Gasteiger partial charge in [-0.2, -0.15) is 0 Å². The number of fused-ring (bicyclic) bond motifs is 16. The number of nitrogens with zero attached hydrogens (tertiary/aromatic N) is 2. The summed E-state index contributed by atoms with van der Waals surface area (Å²) in [7, 11) is 0. The average Bonchev–Trinajstić information content (AvgIpc) is 1.54. The zero-order chi connectivity index (χ0) is 57.3. The van der Waals surface area contributed by atoms with Gasteiger partial charge in [0, 0.05) is 52.4 Å². The van der Waals surface area contributed by atoms with E-state index in [-0.39, 0.29) is 10.8 Å². The highest BCUT2D eigenvalue weighted by molar-refractivity contribution is 7.16. The van der Waals surface area contributed by atoms with Crippen LogP contribution in [0, 0.1) is 0 Å². The van der Waals surface area contributed by atoms with Crippen LogP contribution in [-0.4, -0.2) is 9.13 Å². The van der Waals surface area contributed by atoms with Crippen molar-refractivity contribution in [2.24, 2.45) is 0 Å². The molecule has 0 fully saturated rings. The summed E-state index contributed by atoms with van der Waals surface area (Å²) in [6.07, 6.45) is 9.23. The van der Waals surface area contributed by atoms with E-state index in [1.54, 1.807) is 0 Å². The van der Waals surface area contributed by atoms with Crippen LogP contribution in [0.1, 0.15) is 95.8 Å². The first kappa shape index (κ1) is 51.3. The maximum absolute atomic E-state index is 2.47. The lowest BCUT2D eigenvalue weighted by Gasteiger charge is -2.30. The van der Waals surface area contributed by atoms with Crippen molar-refractivity contribution in [1.82, 2.24) is 9.13 Å². The number of thiophene rings is 2. The largest absolute Gasteiger partial charge is 0.309 e. The molecule has 1 spiro atoms. The predicted octanol–water partition coefficient (Wildman–Crippen LogP) is 22.6. The van der Waals surface area contributed by atoms with Gasteiger partial charge in [-0.3, -0.25) is 0 Å². The molecule has 2 nitrogen and oxygen atoms in total. The Hall–Kier alpha value is -9.32. The van der Waals surface area contributed by atoms with Gasteiger partial charge in [0.05, 0.1) is 27.5 Å². The molecule has 4 heteroatoms. The second-order valence-corrected chi connectivity index (χ2v) is 27.5. The molecule has 0 amide bonds. The Morgan fingerprint density at radius 1 is 0.318 bits per heavy atom.